The van der Waals surface area contributed by atoms with Gasteiger partial charge in [0, 0.05) is 11.9 Å². The predicted molar refractivity (Wildman–Crippen MR) is 53.7 cm³/mol. The van der Waals surface area contributed by atoms with E-state index < -0.39 is 0 Å². The van der Waals surface area contributed by atoms with Crippen molar-refractivity contribution in [3.63, 3.8) is 0 Å². The Labute approximate surface area is 84.9 Å². The number of nitrogens with zero attached hydrogens (tertiary/aromatic N) is 4. The number of rotatable bonds is 4. The number of anilines is 1. The summed E-state index contributed by atoms with van der Waals surface area (Å²) < 4.78 is 1.80. The lowest BCUT2D eigenvalue weighted by Crippen LogP contribution is -2.01. The van der Waals surface area contributed by atoms with Crippen LogP contribution in [0.3, 0.4) is 0 Å². The molecule has 0 saturated heterocycles. The van der Waals surface area contributed by atoms with E-state index in [-0.39, 0.29) is 0 Å². The number of nitrogen functional groups attached to an aromatic ring is 1. The highest BCUT2D eigenvalue weighted by molar-refractivity contribution is 7.99. The summed E-state index contributed by atoms with van der Waals surface area (Å²) in [5.74, 6) is 1.44. The SMILES string of the molecule is Nc1ccn(CCSc2ncn[nH]2)n1. The van der Waals surface area contributed by atoms with Crippen LogP contribution in [0.2, 0.25) is 0 Å². The number of thioether (sulfide) groups is 1. The molecule has 0 bridgehead atoms. The molecule has 2 heterocycles. The van der Waals surface area contributed by atoms with Crippen LogP contribution in [0, 0.1) is 0 Å². The molecule has 0 spiro atoms. The third kappa shape index (κ3) is 2.25. The normalized spacial score (nSPS) is 10.6. The monoisotopic (exact) mass is 210 g/mol. The van der Waals surface area contributed by atoms with Gasteiger partial charge in [-0.15, -0.1) is 0 Å². The molecule has 74 valence electrons. The Balaban J connectivity index is 1.78. The fraction of sp³-hybridized carbons (Fsp3) is 0.286. The first kappa shape index (κ1) is 9.07. The van der Waals surface area contributed by atoms with E-state index in [0.29, 0.717) is 5.82 Å². The van der Waals surface area contributed by atoms with Crippen molar-refractivity contribution < 1.29 is 0 Å². The quantitative estimate of drug-likeness (QED) is 0.712. The zero-order valence-corrected chi connectivity index (χ0v) is 8.24. The van der Waals surface area contributed by atoms with E-state index in [2.05, 4.69) is 20.3 Å². The molecule has 2 rings (SSSR count). The number of H-pyrrole nitrogens is 1. The largest absolute Gasteiger partial charge is 0.382 e. The molecule has 0 amide bonds. The van der Waals surface area contributed by atoms with Gasteiger partial charge in [0.1, 0.15) is 12.1 Å². The third-order valence-electron chi connectivity index (χ3n) is 1.61. The summed E-state index contributed by atoms with van der Waals surface area (Å²) in [6.07, 6.45) is 3.35. The Morgan fingerprint density at radius 3 is 3.14 bits per heavy atom. The zero-order valence-electron chi connectivity index (χ0n) is 7.42. The van der Waals surface area contributed by atoms with Crippen molar-refractivity contribution in [3.05, 3.63) is 18.6 Å². The van der Waals surface area contributed by atoms with Crippen molar-refractivity contribution in [3.8, 4) is 0 Å². The molecule has 7 heteroatoms. The van der Waals surface area contributed by atoms with Crippen molar-refractivity contribution in [2.75, 3.05) is 11.5 Å². The van der Waals surface area contributed by atoms with Crippen LogP contribution in [-0.2, 0) is 6.54 Å². The van der Waals surface area contributed by atoms with Gasteiger partial charge in [0.05, 0.1) is 6.54 Å². The van der Waals surface area contributed by atoms with Crippen LogP contribution in [0.4, 0.5) is 5.82 Å². The second-order valence-corrected chi connectivity index (χ2v) is 3.73. The highest BCUT2D eigenvalue weighted by Gasteiger charge is 1.98. The summed E-state index contributed by atoms with van der Waals surface area (Å²) in [5, 5.41) is 11.4. The molecule has 0 fully saturated rings. The summed E-state index contributed by atoms with van der Waals surface area (Å²) in [5.41, 5.74) is 5.48. The molecule has 0 atom stereocenters. The van der Waals surface area contributed by atoms with E-state index in [0.717, 1.165) is 17.5 Å². The molecule has 2 aromatic rings. The van der Waals surface area contributed by atoms with Crippen LogP contribution >= 0.6 is 11.8 Å². The molecule has 0 aromatic carbocycles. The van der Waals surface area contributed by atoms with Crippen molar-refractivity contribution in [2.45, 2.75) is 11.7 Å². The molecule has 3 N–H and O–H groups in total. The zero-order chi connectivity index (χ0) is 9.80. The van der Waals surface area contributed by atoms with Crippen LogP contribution < -0.4 is 5.73 Å². The van der Waals surface area contributed by atoms with Crippen molar-refractivity contribution >= 4 is 17.6 Å². The highest BCUT2D eigenvalue weighted by Crippen LogP contribution is 2.10. The van der Waals surface area contributed by atoms with E-state index in [1.165, 1.54) is 6.33 Å². The van der Waals surface area contributed by atoms with Crippen molar-refractivity contribution in [1.82, 2.24) is 25.0 Å². The number of nitrogens with two attached hydrogens (primary N) is 1. The Kier molecular flexibility index (Phi) is 2.68. The Bertz CT molecular complexity index is 381. The summed E-state index contributed by atoms with van der Waals surface area (Å²) >= 11 is 1.60. The molecule has 0 unspecified atom stereocenters. The molecule has 14 heavy (non-hydrogen) atoms. The second kappa shape index (κ2) is 4.14. The highest BCUT2D eigenvalue weighted by atomic mass is 32.2. The molecule has 0 aliphatic carbocycles. The topological polar surface area (TPSA) is 85.4 Å². The molecule has 0 saturated carbocycles. The number of aromatic amines is 1. The maximum Gasteiger partial charge on any atom is 0.183 e. The van der Waals surface area contributed by atoms with Crippen LogP contribution in [0.5, 0.6) is 0 Å². The maximum atomic E-state index is 5.48. The first-order chi connectivity index (χ1) is 6.84. The van der Waals surface area contributed by atoms with Crippen LogP contribution in [0.1, 0.15) is 0 Å². The molecular weight excluding hydrogens is 200 g/mol. The Morgan fingerprint density at radius 2 is 2.50 bits per heavy atom. The number of hydrogen-bond donors (Lipinski definition) is 2. The number of aromatic nitrogens is 5. The summed E-state index contributed by atoms with van der Waals surface area (Å²) in [6, 6.07) is 1.78. The first-order valence-corrected chi connectivity index (χ1v) is 5.10. The minimum absolute atomic E-state index is 0.551. The average molecular weight is 210 g/mol. The van der Waals surface area contributed by atoms with Gasteiger partial charge in [-0.1, -0.05) is 11.8 Å². The van der Waals surface area contributed by atoms with Gasteiger partial charge >= 0.3 is 0 Å². The minimum Gasteiger partial charge on any atom is -0.382 e. The number of nitrogens with one attached hydrogen (secondary N) is 1. The van der Waals surface area contributed by atoms with Gasteiger partial charge < -0.3 is 5.73 Å². The van der Waals surface area contributed by atoms with E-state index in [9.17, 15) is 0 Å². The third-order valence-corrected chi connectivity index (χ3v) is 2.47. The van der Waals surface area contributed by atoms with Gasteiger partial charge in [-0.25, -0.2) is 4.98 Å². The van der Waals surface area contributed by atoms with Crippen LogP contribution in [0.15, 0.2) is 23.7 Å². The fourth-order valence-electron chi connectivity index (χ4n) is 1.00. The summed E-state index contributed by atoms with van der Waals surface area (Å²) in [4.78, 5) is 3.99. The minimum atomic E-state index is 0.551. The molecule has 6 nitrogen and oxygen atoms in total. The molecule has 0 aliphatic heterocycles. The van der Waals surface area contributed by atoms with Gasteiger partial charge in [0.2, 0.25) is 0 Å². The Morgan fingerprint density at radius 1 is 1.57 bits per heavy atom. The Hall–Kier alpha value is -1.50. The van der Waals surface area contributed by atoms with Gasteiger partial charge in [-0.2, -0.15) is 10.2 Å². The lowest BCUT2D eigenvalue weighted by atomic mass is 10.7. The van der Waals surface area contributed by atoms with Gasteiger partial charge in [-0.3, -0.25) is 9.78 Å². The molecule has 2 aromatic heterocycles. The molecule has 0 radical (unpaired) electrons. The summed E-state index contributed by atoms with van der Waals surface area (Å²) in [6.45, 7) is 0.808. The van der Waals surface area contributed by atoms with Crippen molar-refractivity contribution in [2.24, 2.45) is 0 Å². The lowest BCUT2D eigenvalue weighted by Gasteiger charge is -1.98. The number of hydrogen-bond acceptors (Lipinski definition) is 5. The standard InChI is InChI=1S/C7H10N6S/c8-6-1-2-13(12-6)3-4-14-7-9-5-10-11-7/h1-2,5H,3-4H2,(H2,8,12)(H,9,10,11). The van der Waals surface area contributed by atoms with Gasteiger partial charge in [0.15, 0.2) is 5.16 Å². The van der Waals surface area contributed by atoms with E-state index >= 15 is 0 Å². The van der Waals surface area contributed by atoms with Gasteiger partial charge in [-0.05, 0) is 6.07 Å². The predicted octanol–water partition coefficient (Wildman–Crippen LogP) is 0.376. The van der Waals surface area contributed by atoms with Crippen molar-refractivity contribution in [1.29, 1.82) is 0 Å². The number of aryl methyl sites for hydroxylation is 1. The second-order valence-electron chi connectivity index (χ2n) is 2.64. The van der Waals surface area contributed by atoms with Crippen LogP contribution in [0.25, 0.3) is 0 Å². The first-order valence-electron chi connectivity index (χ1n) is 4.12. The average Bonchev–Trinajstić information content (AvgIpc) is 2.77. The molecule has 0 aliphatic rings. The van der Waals surface area contributed by atoms with Crippen LogP contribution in [-0.4, -0.2) is 30.7 Å². The molecular formula is C7H10N6S. The smallest absolute Gasteiger partial charge is 0.183 e. The van der Waals surface area contributed by atoms with E-state index in [4.69, 9.17) is 5.73 Å². The van der Waals surface area contributed by atoms with E-state index in [1.54, 1.807) is 22.5 Å². The maximum absolute atomic E-state index is 5.48. The lowest BCUT2D eigenvalue weighted by molar-refractivity contribution is 0.669. The van der Waals surface area contributed by atoms with Gasteiger partial charge in [0.25, 0.3) is 0 Å². The van der Waals surface area contributed by atoms with E-state index in [1.807, 2.05) is 6.20 Å². The summed E-state index contributed by atoms with van der Waals surface area (Å²) in [7, 11) is 0. The fourth-order valence-corrected chi connectivity index (χ4v) is 1.71.